The van der Waals surface area contributed by atoms with Crippen LogP contribution < -0.4 is 16.0 Å². The minimum Gasteiger partial charge on any atom is -0.350 e. The zero-order valence-corrected chi connectivity index (χ0v) is 28.0. The summed E-state index contributed by atoms with van der Waals surface area (Å²) < 4.78 is 1.99. The number of amides is 4. The Hall–Kier alpha value is -3.69. The highest BCUT2D eigenvalue weighted by Gasteiger charge is 2.40. The molecule has 0 bridgehead atoms. The fourth-order valence-electron chi connectivity index (χ4n) is 6.02. The standard InChI is InChI=1S/C27H37N5O4.C8H16O/c1-5-16(2)23-27(36)32-13-9-8-12-22(32)26(35)28-17(3)24(33)29-20(25(34)30-23)14-18-15-31(4)21-11-7-6-10-19(18)21;1-3-5-6-7-8(9)4-2/h6-7,10-11,15-17,20,22-23H,5,8-9,12-14H2,1-4H3,(H,28,35)(H,29,33)(H,30,34);3-7H2,1-2H3/t16?,17-,20?,22+,23-;/m0./s1. The van der Waals surface area contributed by atoms with E-state index in [9.17, 15) is 24.0 Å². The number of carbonyl (C=O) groups excluding carboxylic acids is 5. The number of benzene rings is 1. The van der Waals surface area contributed by atoms with Gasteiger partial charge in [0.2, 0.25) is 23.6 Å². The van der Waals surface area contributed by atoms with E-state index in [1.165, 1.54) is 12.8 Å². The number of unbranched alkanes of at least 4 members (excludes halogenated alkanes) is 2. The lowest BCUT2D eigenvalue weighted by atomic mass is 9.93. The van der Waals surface area contributed by atoms with Crippen molar-refractivity contribution in [3.05, 3.63) is 36.0 Å². The summed E-state index contributed by atoms with van der Waals surface area (Å²) in [6.45, 7) is 10.0. The van der Waals surface area contributed by atoms with Crippen molar-refractivity contribution in [3.8, 4) is 0 Å². The van der Waals surface area contributed by atoms with Crippen molar-refractivity contribution in [1.29, 1.82) is 0 Å². The van der Waals surface area contributed by atoms with Gasteiger partial charge in [-0.25, -0.2) is 0 Å². The van der Waals surface area contributed by atoms with Crippen LogP contribution in [-0.2, 0) is 37.4 Å². The van der Waals surface area contributed by atoms with Crippen LogP contribution in [0, 0.1) is 5.92 Å². The summed E-state index contributed by atoms with van der Waals surface area (Å²) in [5.41, 5.74) is 1.94. The summed E-state index contributed by atoms with van der Waals surface area (Å²) in [6.07, 6.45) is 10.1. The van der Waals surface area contributed by atoms with E-state index in [2.05, 4.69) is 22.9 Å². The van der Waals surface area contributed by atoms with Crippen LogP contribution in [0.25, 0.3) is 10.9 Å². The molecule has 248 valence electrons. The summed E-state index contributed by atoms with van der Waals surface area (Å²) in [5, 5.41) is 9.58. The molecule has 2 unspecified atom stereocenters. The summed E-state index contributed by atoms with van der Waals surface area (Å²) in [7, 11) is 1.94. The van der Waals surface area contributed by atoms with Crippen molar-refractivity contribution in [3.63, 3.8) is 0 Å². The fraction of sp³-hybridized carbons (Fsp3) is 0.629. The van der Waals surface area contributed by atoms with Gasteiger partial charge in [0, 0.05) is 50.0 Å². The van der Waals surface area contributed by atoms with Gasteiger partial charge in [0.1, 0.15) is 30.0 Å². The van der Waals surface area contributed by atoms with Crippen LogP contribution >= 0.6 is 0 Å². The molecule has 2 aromatic rings. The number of carbonyl (C=O) groups is 5. The summed E-state index contributed by atoms with van der Waals surface area (Å²) in [5.74, 6) is -1.13. The number of hydrogen-bond donors (Lipinski definition) is 3. The van der Waals surface area contributed by atoms with E-state index in [0.717, 1.165) is 42.1 Å². The smallest absolute Gasteiger partial charge is 0.246 e. The highest BCUT2D eigenvalue weighted by atomic mass is 16.2. The van der Waals surface area contributed by atoms with Gasteiger partial charge in [-0.3, -0.25) is 24.0 Å². The van der Waals surface area contributed by atoms with E-state index in [1.807, 2.05) is 62.8 Å². The topological polar surface area (TPSA) is 130 Å². The molecule has 0 radical (unpaired) electrons. The molecule has 2 fully saturated rings. The van der Waals surface area contributed by atoms with E-state index in [4.69, 9.17) is 0 Å². The van der Waals surface area contributed by atoms with E-state index in [1.54, 1.807) is 11.8 Å². The SMILES string of the molecule is CCC(C)[C@@H]1NC(=O)C(Cc2cn(C)c3ccccc23)NC(=O)[C@H](C)NC(=O)[C@H]2CCCCN2C1=O.CCCCCC(=O)CC. The fourth-order valence-corrected chi connectivity index (χ4v) is 6.02. The first-order valence-corrected chi connectivity index (χ1v) is 16.8. The molecule has 4 amide bonds. The second kappa shape index (κ2) is 17.1. The number of aryl methyl sites for hydroxylation is 1. The maximum Gasteiger partial charge on any atom is 0.246 e. The highest BCUT2D eigenvalue weighted by Crippen LogP contribution is 2.24. The number of fused-ring (bicyclic) bond motifs is 2. The van der Waals surface area contributed by atoms with Gasteiger partial charge in [0.25, 0.3) is 0 Å². The van der Waals surface area contributed by atoms with Gasteiger partial charge in [-0.05, 0) is 50.2 Å². The summed E-state index contributed by atoms with van der Waals surface area (Å²) >= 11 is 0. The number of aromatic nitrogens is 1. The molecule has 5 atom stereocenters. The average molecular weight is 624 g/mol. The number of nitrogens with one attached hydrogen (secondary N) is 3. The molecular weight excluding hydrogens is 570 g/mol. The molecule has 1 aromatic carbocycles. The first-order valence-electron chi connectivity index (χ1n) is 16.8. The molecule has 3 N–H and O–H groups in total. The average Bonchev–Trinajstić information content (AvgIpc) is 3.36. The molecule has 10 nitrogen and oxygen atoms in total. The lowest BCUT2D eigenvalue weighted by Crippen LogP contribution is -2.64. The van der Waals surface area contributed by atoms with Crippen LogP contribution in [0.15, 0.2) is 30.5 Å². The zero-order valence-electron chi connectivity index (χ0n) is 28.0. The molecule has 45 heavy (non-hydrogen) atoms. The Bertz CT molecular complexity index is 1340. The van der Waals surface area contributed by atoms with Crippen molar-refractivity contribution in [2.75, 3.05) is 6.54 Å². The normalized spacial score (nSPS) is 23.4. The Balaban J connectivity index is 0.000000535. The largest absolute Gasteiger partial charge is 0.350 e. The number of Topliss-reactive ketones (excluding diaryl/α,β-unsaturated/α-hetero) is 1. The number of para-hydroxylation sites is 1. The molecule has 4 rings (SSSR count). The van der Waals surface area contributed by atoms with Gasteiger partial charge in [0.05, 0.1) is 0 Å². The van der Waals surface area contributed by atoms with Crippen LogP contribution in [0.2, 0.25) is 0 Å². The van der Waals surface area contributed by atoms with E-state index in [-0.39, 0.29) is 24.2 Å². The molecule has 2 aliphatic rings. The first kappa shape index (κ1) is 35.8. The van der Waals surface area contributed by atoms with Crippen LogP contribution in [0.5, 0.6) is 0 Å². The van der Waals surface area contributed by atoms with Crippen LogP contribution in [0.3, 0.4) is 0 Å². The van der Waals surface area contributed by atoms with Crippen molar-refractivity contribution >= 4 is 40.3 Å². The van der Waals surface area contributed by atoms with E-state index in [0.29, 0.717) is 31.6 Å². The number of hydrogen-bond acceptors (Lipinski definition) is 5. The molecule has 0 spiro atoms. The van der Waals surface area contributed by atoms with Gasteiger partial charge in [0.15, 0.2) is 0 Å². The maximum absolute atomic E-state index is 13.7. The van der Waals surface area contributed by atoms with Crippen LogP contribution in [-0.4, -0.2) is 69.6 Å². The van der Waals surface area contributed by atoms with Crippen molar-refractivity contribution in [2.24, 2.45) is 13.0 Å². The molecule has 10 heteroatoms. The molecule has 2 saturated heterocycles. The predicted octanol–water partition coefficient (Wildman–Crippen LogP) is 4.18. The second-order valence-electron chi connectivity index (χ2n) is 12.5. The monoisotopic (exact) mass is 623 g/mol. The van der Waals surface area contributed by atoms with Crippen LogP contribution in [0.1, 0.15) is 98.0 Å². The minimum atomic E-state index is -0.904. The molecule has 3 heterocycles. The Morgan fingerprint density at radius 1 is 0.956 bits per heavy atom. The van der Waals surface area contributed by atoms with Crippen molar-refractivity contribution in [2.45, 2.75) is 123 Å². The molecule has 0 aliphatic carbocycles. The summed E-state index contributed by atoms with van der Waals surface area (Å²) in [6, 6.07) is 4.72. The van der Waals surface area contributed by atoms with Gasteiger partial charge >= 0.3 is 0 Å². The minimum absolute atomic E-state index is 0.136. The number of piperidine rings is 1. The van der Waals surface area contributed by atoms with Crippen molar-refractivity contribution in [1.82, 2.24) is 25.4 Å². The number of ketones is 1. The highest BCUT2D eigenvalue weighted by molar-refractivity contribution is 5.98. The summed E-state index contributed by atoms with van der Waals surface area (Å²) in [4.78, 5) is 65.9. The second-order valence-corrected chi connectivity index (χ2v) is 12.5. The zero-order chi connectivity index (χ0) is 33.1. The van der Waals surface area contributed by atoms with Gasteiger partial charge < -0.3 is 25.4 Å². The van der Waals surface area contributed by atoms with E-state index < -0.39 is 36.0 Å². The van der Waals surface area contributed by atoms with Crippen LogP contribution in [0.4, 0.5) is 0 Å². The first-order chi connectivity index (χ1) is 21.5. The third kappa shape index (κ3) is 9.41. The molecule has 1 aromatic heterocycles. The predicted molar refractivity (Wildman–Crippen MR) is 176 cm³/mol. The Morgan fingerprint density at radius 3 is 2.38 bits per heavy atom. The maximum atomic E-state index is 13.7. The Labute approximate surface area is 268 Å². The number of nitrogens with zero attached hydrogens (tertiary/aromatic N) is 2. The Morgan fingerprint density at radius 2 is 1.69 bits per heavy atom. The van der Waals surface area contributed by atoms with Gasteiger partial charge in [-0.15, -0.1) is 0 Å². The molecule has 0 saturated carbocycles. The molecular formula is C35H53N5O5. The lowest BCUT2D eigenvalue weighted by molar-refractivity contribution is -0.147. The molecule has 2 aliphatic heterocycles. The quantitative estimate of drug-likeness (QED) is 0.361. The lowest BCUT2D eigenvalue weighted by Gasteiger charge is -2.39. The van der Waals surface area contributed by atoms with Gasteiger partial charge in [-0.2, -0.15) is 0 Å². The van der Waals surface area contributed by atoms with E-state index >= 15 is 0 Å². The third-order valence-corrected chi connectivity index (χ3v) is 9.11. The van der Waals surface area contributed by atoms with Crippen molar-refractivity contribution < 1.29 is 24.0 Å². The number of rotatable bonds is 9. The Kier molecular flexibility index (Phi) is 13.6. The van der Waals surface area contributed by atoms with Gasteiger partial charge in [-0.1, -0.05) is 65.2 Å². The third-order valence-electron chi connectivity index (χ3n) is 9.11.